The van der Waals surface area contributed by atoms with Crippen LogP contribution in [0.4, 0.5) is 13.2 Å². The highest BCUT2D eigenvalue weighted by Gasteiger charge is 2.30. The number of H-pyrrole nitrogens is 1. The lowest BCUT2D eigenvalue weighted by molar-refractivity contribution is -0.137. The van der Waals surface area contributed by atoms with Gasteiger partial charge in [-0.1, -0.05) is 12.1 Å². The van der Waals surface area contributed by atoms with Gasteiger partial charge in [-0.05, 0) is 29.8 Å². The zero-order chi connectivity index (χ0) is 19.7. The van der Waals surface area contributed by atoms with Crippen molar-refractivity contribution in [3.63, 3.8) is 0 Å². The fourth-order valence-electron chi connectivity index (χ4n) is 3.42. The number of carbonyl (C=O) groups is 1. The van der Waals surface area contributed by atoms with Gasteiger partial charge in [-0.3, -0.25) is 14.7 Å². The number of aromatic nitrogens is 2. The summed E-state index contributed by atoms with van der Waals surface area (Å²) in [6, 6.07) is 8.93. The molecule has 0 spiro atoms. The second-order valence-corrected chi connectivity index (χ2v) is 6.91. The normalized spacial score (nSPS) is 15.9. The third kappa shape index (κ3) is 3.87. The van der Waals surface area contributed by atoms with Crippen LogP contribution in [0.3, 0.4) is 0 Å². The first-order valence-corrected chi connectivity index (χ1v) is 9.01. The van der Waals surface area contributed by atoms with Gasteiger partial charge in [0.1, 0.15) is 5.69 Å². The van der Waals surface area contributed by atoms with Crippen LogP contribution in [0.2, 0.25) is 0 Å². The van der Waals surface area contributed by atoms with Crippen molar-refractivity contribution in [1.29, 1.82) is 0 Å². The molecule has 3 aromatic rings. The number of carbonyl (C=O) groups excluding carboxylic acids is 1. The van der Waals surface area contributed by atoms with Gasteiger partial charge < -0.3 is 9.88 Å². The van der Waals surface area contributed by atoms with Crippen LogP contribution in [0.25, 0.3) is 10.9 Å². The maximum Gasteiger partial charge on any atom is 0.416 e. The molecule has 3 heterocycles. The molecule has 1 saturated heterocycles. The molecule has 0 saturated carbocycles. The van der Waals surface area contributed by atoms with Crippen LogP contribution in [0.1, 0.15) is 21.6 Å². The summed E-state index contributed by atoms with van der Waals surface area (Å²) in [6.07, 6.45) is -0.943. The number of fused-ring (bicyclic) bond motifs is 1. The Morgan fingerprint density at radius 3 is 2.43 bits per heavy atom. The SMILES string of the molecule is O=C(c1cc2ccncc2[nH]1)N1CCN(Cc2ccc(C(F)(F)F)cc2)CC1. The molecular weight excluding hydrogens is 369 g/mol. The van der Waals surface area contributed by atoms with Crippen molar-refractivity contribution < 1.29 is 18.0 Å². The van der Waals surface area contributed by atoms with Gasteiger partial charge >= 0.3 is 6.18 Å². The number of amides is 1. The molecule has 0 radical (unpaired) electrons. The van der Waals surface area contributed by atoms with Crippen LogP contribution in [0, 0.1) is 0 Å². The predicted molar refractivity (Wildman–Crippen MR) is 98.7 cm³/mol. The van der Waals surface area contributed by atoms with Crippen molar-refractivity contribution in [3.05, 3.63) is 65.6 Å². The minimum atomic E-state index is -4.32. The quantitative estimate of drug-likeness (QED) is 0.747. The maximum absolute atomic E-state index is 12.7. The largest absolute Gasteiger partial charge is 0.416 e. The topological polar surface area (TPSA) is 52.2 Å². The Hall–Kier alpha value is -2.87. The molecule has 1 aromatic carbocycles. The van der Waals surface area contributed by atoms with Gasteiger partial charge in [-0.25, -0.2) is 0 Å². The molecule has 28 heavy (non-hydrogen) atoms. The van der Waals surface area contributed by atoms with Crippen molar-refractivity contribution >= 4 is 16.8 Å². The van der Waals surface area contributed by atoms with Gasteiger partial charge in [0.05, 0.1) is 17.3 Å². The highest BCUT2D eigenvalue weighted by atomic mass is 19.4. The van der Waals surface area contributed by atoms with Gasteiger partial charge in [0.15, 0.2) is 0 Å². The van der Waals surface area contributed by atoms with Crippen molar-refractivity contribution in [1.82, 2.24) is 19.8 Å². The predicted octanol–water partition coefficient (Wildman–Crippen LogP) is 3.54. The van der Waals surface area contributed by atoms with Gasteiger partial charge in [0.25, 0.3) is 5.91 Å². The molecule has 1 N–H and O–H groups in total. The molecule has 1 aliphatic heterocycles. The number of nitrogens with zero attached hydrogens (tertiary/aromatic N) is 3. The molecule has 0 bridgehead atoms. The maximum atomic E-state index is 12.7. The first-order valence-electron chi connectivity index (χ1n) is 9.01. The first kappa shape index (κ1) is 18.5. The summed E-state index contributed by atoms with van der Waals surface area (Å²) in [4.78, 5) is 23.8. The molecule has 1 fully saturated rings. The van der Waals surface area contributed by atoms with Crippen LogP contribution < -0.4 is 0 Å². The third-order valence-electron chi connectivity index (χ3n) is 5.00. The summed E-state index contributed by atoms with van der Waals surface area (Å²) < 4.78 is 38.0. The standard InChI is InChI=1S/C20H19F3N4O/c21-20(22,23)16-3-1-14(2-4-16)13-26-7-9-27(10-8-26)19(28)17-11-15-5-6-24-12-18(15)25-17/h1-6,11-12,25H,7-10,13H2. The van der Waals surface area contributed by atoms with E-state index in [9.17, 15) is 18.0 Å². The van der Waals surface area contributed by atoms with E-state index in [1.54, 1.807) is 17.3 Å². The Kier molecular flexibility index (Phi) is 4.80. The van der Waals surface area contributed by atoms with E-state index >= 15 is 0 Å². The molecule has 5 nitrogen and oxygen atoms in total. The van der Waals surface area contributed by atoms with E-state index in [1.807, 2.05) is 12.1 Å². The van der Waals surface area contributed by atoms with Crippen LogP contribution in [-0.4, -0.2) is 51.9 Å². The molecule has 1 aliphatic rings. The summed E-state index contributed by atoms with van der Waals surface area (Å²) in [5.74, 6) is -0.0506. The Morgan fingerprint density at radius 1 is 1.07 bits per heavy atom. The fraction of sp³-hybridized carbons (Fsp3) is 0.300. The minimum Gasteiger partial charge on any atom is -0.349 e. The van der Waals surface area contributed by atoms with E-state index in [1.165, 1.54) is 12.1 Å². The number of piperazine rings is 1. The van der Waals surface area contributed by atoms with Crippen LogP contribution in [-0.2, 0) is 12.7 Å². The van der Waals surface area contributed by atoms with Gasteiger partial charge in [-0.15, -0.1) is 0 Å². The molecule has 0 aliphatic carbocycles. The highest BCUT2D eigenvalue weighted by molar-refractivity contribution is 5.97. The van der Waals surface area contributed by atoms with Crippen LogP contribution >= 0.6 is 0 Å². The second-order valence-electron chi connectivity index (χ2n) is 6.91. The van der Waals surface area contributed by atoms with E-state index in [2.05, 4.69) is 14.9 Å². The minimum absolute atomic E-state index is 0.0506. The van der Waals surface area contributed by atoms with E-state index in [0.717, 1.165) is 28.6 Å². The van der Waals surface area contributed by atoms with Gasteiger partial charge in [0.2, 0.25) is 0 Å². The zero-order valence-electron chi connectivity index (χ0n) is 15.0. The molecule has 0 atom stereocenters. The fourth-order valence-corrected chi connectivity index (χ4v) is 3.42. The molecule has 0 unspecified atom stereocenters. The average Bonchev–Trinajstić information content (AvgIpc) is 3.12. The number of alkyl halides is 3. The molecule has 1 amide bonds. The van der Waals surface area contributed by atoms with E-state index < -0.39 is 11.7 Å². The number of rotatable bonds is 3. The Morgan fingerprint density at radius 2 is 1.79 bits per heavy atom. The van der Waals surface area contributed by atoms with Crippen LogP contribution in [0.5, 0.6) is 0 Å². The highest BCUT2D eigenvalue weighted by Crippen LogP contribution is 2.29. The number of benzene rings is 1. The van der Waals surface area contributed by atoms with E-state index in [0.29, 0.717) is 38.4 Å². The number of hydrogen-bond acceptors (Lipinski definition) is 3. The number of nitrogens with one attached hydrogen (secondary N) is 1. The zero-order valence-corrected chi connectivity index (χ0v) is 15.0. The lowest BCUT2D eigenvalue weighted by Crippen LogP contribution is -2.48. The van der Waals surface area contributed by atoms with Crippen molar-refractivity contribution in [2.45, 2.75) is 12.7 Å². The van der Waals surface area contributed by atoms with Gasteiger partial charge in [0, 0.05) is 44.3 Å². The Balaban J connectivity index is 1.34. The lowest BCUT2D eigenvalue weighted by Gasteiger charge is -2.34. The molecule has 146 valence electrons. The smallest absolute Gasteiger partial charge is 0.349 e. The summed E-state index contributed by atoms with van der Waals surface area (Å²) in [5, 5.41) is 0.944. The number of hydrogen-bond donors (Lipinski definition) is 1. The van der Waals surface area contributed by atoms with Crippen molar-refractivity contribution in [3.8, 4) is 0 Å². The van der Waals surface area contributed by atoms with Crippen molar-refractivity contribution in [2.75, 3.05) is 26.2 Å². The lowest BCUT2D eigenvalue weighted by atomic mass is 10.1. The first-order chi connectivity index (χ1) is 13.4. The monoisotopic (exact) mass is 388 g/mol. The molecule has 8 heteroatoms. The van der Waals surface area contributed by atoms with E-state index in [4.69, 9.17) is 0 Å². The van der Waals surface area contributed by atoms with Gasteiger partial charge in [-0.2, -0.15) is 13.2 Å². The number of aromatic amines is 1. The molecular formula is C20H19F3N4O. The average molecular weight is 388 g/mol. The molecule has 2 aromatic heterocycles. The summed E-state index contributed by atoms with van der Waals surface area (Å²) >= 11 is 0. The number of halogens is 3. The summed E-state index contributed by atoms with van der Waals surface area (Å²) in [5.41, 5.74) is 1.56. The Bertz CT molecular complexity index is 940. The van der Waals surface area contributed by atoms with Crippen LogP contribution in [0.15, 0.2) is 48.8 Å². The third-order valence-corrected chi connectivity index (χ3v) is 5.00. The van der Waals surface area contributed by atoms with E-state index in [-0.39, 0.29) is 5.91 Å². The summed E-state index contributed by atoms with van der Waals surface area (Å²) in [6.45, 7) is 3.07. The Labute approximate surface area is 159 Å². The number of pyridine rings is 1. The second kappa shape index (κ2) is 7.27. The van der Waals surface area contributed by atoms with Crippen molar-refractivity contribution in [2.24, 2.45) is 0 Å². The molecule has 4 rings (SSSR count). The summed E-state index contributed by atoms with van der Waals surface area (Å²) in [7, 11) is 0.